The van der Waals surface area contributed by atoms with E-state index < -0.39 is 0 Å². The number of carbonyl (C=O) groups excluding carboxylic acids is 2. The first-order valence-corrected chi connectivity index (χ1v) is 11.9. The number of carbonyl (C=O) groups is 2. The molecule has 0 atom stereocenters. The van der Waals surface area contributed by atoms with E-state index in [0.29, 0.717) is 12.8 Å². The van der Waals surface area contributed by atoms with Gasteiger partial charge in [-0.1, -0.05) is 76.6 Å². The summed E-state index contributed by atoms with van der Waals surface area (Å²) in [6.07, 6.45) is 10.9. The molecule has 2 amide bonds. The second-order valence-electron chi connectivity index (χ2n) is 8.29. The van der Waals surface area contributed by atoms with Crippen molar-refractivity contribution in [3.05, 3.63) is 59.7 Å². The van der Waals surface area contributed by atoms with E-state index in [9.17, 15) is 9.59 Å². The third-order valence-electron chi connectivity index (χ3n) is 5.40. The van der Waals surface area contributed by atoms with Gasteiger partial charge in [-0.15, -0.1) is 0 Å². The van der Waals surface area contributed by atoms with Gasteiger partial charge in [0.15, 0.2) is 0 Å². The SMILES string of the molecule is CCCCCCC(=O)Nc1ccc(Cc2ccc(NC(=O)CCCCCC)cc2)cc1. The third-order valence-corrected chi connectivity index (χ3v) is 5.40. The number of hydrogen-bond acceptors (Lipinski definition) is 2. The molecule has 4 heteroatoms. The molecule has 31 heavy (non-hydrogen) atoms. The Balaban J connectivity index is 1.76. The van der Waals surface area contributed by atoms with Crippen LogP contribution in [0.15, 0.2) is 48.5 Å². The fourth-order valence-electron chi connectivity index (χ4n) is 3.52. The number of anilines is 2. The van der Waals surface area contributed by atoms with Crippen LogP contribution in [-0.2, 0) is 16.0 Å². The van der Waals surface area contributed by atoms with Crippen molar-refractivity contribution in [3.8, 4) is 0 Å². The van der Waals surface area contributed by atoms with Gasteiger partial charge in [-0.3, -0.25) is 9.59 Å². The fourth-order valence-corrected chi connectivity index (χ4v) is 3.52. The Morgan fingerprint density at radius 3 is 1.32 bits per heavy atom. The van der Waals surface area contributed by atoms with Crippen molar-refractivity contribution >= 4 is 23.2 Å². The molecule has 0 radical (unpaired) electrons. The van der Waals surface area contributed by atoms with Crippen LogP contribution in [0.25, 0.3) is 0 Å². The predicted molar refractivity (Wildman–Crippen MR) is 130 cm³/mol. The molecule has 2 aromatic carbocycles. The van der Waals surface area contributed by atoms with Crippen molar-refractivity contribution in [2.75, 3.05) is 10.6 Å². The molecule has 0 spiro atoms. The summed E-state index contributed by atoms with van der Waals surface area (Å²) in [5.74, 6) is 0.179. The van der Waals surface area contributed by atoms with Gasteiger partial charge in [0.1, 0.15) is 0 Å². The highest BCUT2D eigenvalue weighted by Crippen LogP contribution is 2.17. The minimum atomic E-state index is 0.0897. The normalized spacial score (nSPS) is 10.6. The lowest BCUT2D eigenvalue weighted by atomic mass is 10.0. The molecule has 0 aliphatic carbocycles. The van der Waals surface area contributed by atoms with Crippen LogP contribution in [0.3, 0.4) is 0 Å². The van der Waals surface area contributed by atoms with Crippen LogP contribution < -0.4 is 10.6 Å². The fraction of sp³-hybridized carbons (Fsp3) is 0.481. The average Bonchev–Trinajstić information content (AvgIpc) is 2.77. The van der Waals surface area contributed by atoms with Gasteiger partial charge >= 0.3 is 0 Å². The van der Waals surface area contributed by atoms with Crippen molar-refractivity contribution < 1.29 is 9.59 Å². The minimum absolute atomic E-state index is 0.0897. The van der Waals surface area contributed by atoms with Crippen LogP contribution in [0.5, 0.6) is 0 Å². The summed E-state index contributed by atoms with van der Waals surface area (Å²) in [5, 5.41) is 5.96. The van der Waals surface area contributed by atoms with Gasteiger partial charge in [-0.25, -0.2) is 0 Å². The summed E-state index contributed by atoms with van der Waals surface area (Å²) < 4.78 is 0. The molecule has 2 rings (SSSR count). The van der Waals surface area contributed by atoms with Crippen molar-refractivity contribution in [1.29, 1.82) is 0 Å². The number of hydrogen-bond donors (Lipinski definition) is 2. The quantitative estimate of drug-likeness (QED) is 0.319. The second kappa shape index (κ2) is 14.4. The molecule has 0 fully saturated rings. The highest BCUT2D eigenvalue weighted by molar-refractivity contribution is 5.91. The minimum Gasteiger partial charge on any atom is -0.326 e. The first-order chi connectivity index (χ1) is 15.1. The van der Waals surface area contributed by atoms with E-state index in [1.165, 1.54) is 36.8 Å². The lowest BCUT2D eigenvalue weighted by molar-refractivity contribution is -0.117. The highest BCUT2D eigenvalue weighted by atomic mass is 16.2. The van der Waals surface area contributed by atoms with Crippen LogP contribution in [0, 0.1) is 0 Å². The van der Waals surface area contributed by atoms with Crippen LogP contribution >= 0.6 is 0 Å². The molecule has 2 N–H and O–H groups in total. The molecule has 0 saturated heterocycles. The van der Waals surface area contributed by atoms with Crippen molar-refractivity contribution in [2.24, 2.45) is 0 Å². The smallest absolute Gasteiger partial charge is 0.224 e. The average molecular weight is 423 g/mol. The maximum atomic E-state index is 12.0. The lowest BCUT2D eigenvalue weighted by Crippen LogP contribution is -2.11. The molecule has 0 bridgehead atoms. The Morgan fingerprint density at radius 2 is 0.968 bits per heavy atom. The van der Waals surface area contributed by atoms with Gasteiger partial charge in [-0.05, 0) is 54.7 Å². The molecule has 0 unspecified atom stereocenters. The summed E-state index contributed by atoms with van der Waals surface area (Å²) >= 11 is 0. The molecule has 0 saturated carbocycles. The van der Waals surface area contributed by atoms with E-state index in [-0.39, 0.29) is 11.8 Å². The van der Waals surface area contributed by atoms with Gasteiger partial charge < -0.3 is 10.6 Å². The zero-order chi connectivity index (χ0) is 22.3. The summed E-state index contributed by atoms with van der Waals surface area (Å²) in [5.41, 5.74) is 4.07. The Hall–Kier alpha value is -2.62. The standard InChI is InChI=1S/C27H38N2O2/c1-3-5-7-9-11-26(30)28-24-17-13-22(14-18-24)21-23-15-19-25(20-16-23)29-27(31)12-10-8-6-4-2/h13-20H,3-12,21H2,1-2H3,(H,28,30)(H,29,31). The summed E-state index contributed by atoms with van der Waals surface area (Å²) in [4.78, 5) is 24.0. The van der Waals surface area contributed by atoms with Crippen LogP contribution in [0.2, 0.25) is 0 Å². The van der Waals surface area contributed by atoms with E-state index in [0.717, 1.165) is 43.5 Å². The maximum absolute atomic E-state index is 12.0. The number of rotatable bonds is 14. The van der Waals surface area contributed by atoms with Crippen LogP contribution in [-0.4, -0.2) is 11.8 Å². The lowest BCUT2D eigenvalue weighted by Gasteiger charge is -2.08. The van der Waals surface area contributed by atoms with E-state index in [1.54, 1.807) is 0 Å². The maximum Gasteiger partial charge on any atom is 0.224 e. The van der Waals surface area contributed by atoms with Crippen LogP contribution in [0.1, 0.15) is 89.2 Å². The largest absolute Gasteiger partial charge is 0.326 e. The van der Waals surface area contributed by atoms with Gasteiger partial charge in [0.05, 0.1) is 0 Å². The number of amides is 2. The molecule has 4 nitrogen and oxygen atoms in total. The molecule has 168 valence electrons. The summed E-state index contributed by atoms with van der Waals surface area (Å²) in [6, 6.07) is 16.1. The van der Waals surface area contributed by atoms with E-state index in [1.807, 2.05) is 24.3 Å². The van der Waals surface area contributed by atoms with Crippen LogP contribution in [0.4, 0.5) is 11.4 Å². The molecular weight excluding hydrogens is 384 g/mol. The molecule has 0 heterocycles. The number of benzene rings is 2. The Morgan fingerprint density at radius 1 is 0.581 bits per heavy atom. The molecule has 0 aromatic heterocycles. The molecular formula is C27H38N2O2. The van der Waals surface area contributed by atoms with E-state index in [4.69, 9.17) is 0 Å². The van der Waals surface area contributed by atoms with E-state index in [2.05, 4.69) is 48.7 Å². The Kier molecular flexibility index (Phi) is 11.4. The monoisotopic (exact) mass is 422 g/mol. The zero-order valence-electron chi connectivity index (χ0n) is 19.2. The number of unbranched alkanes of at least 4 members (excludes halogenated alkanes) is 6. The summed E-state index contributed by atoms with van der Waals surface area (Å²) in [6.45, 7) is 4.34. The van der Waals surface area contributed by atoms with Gasteiger partial charge in [0, 0.05) is 24.2 Å². The van der Waals surface area contributed by atoms with Crippen molar-refractivity contribution in [1.82, 2.24) is 0 Å². The van der Waals surface area contributed by atoms with Gasteiger partial charge in [0.2, 0.25) is 11.8 Å². The van der Waals surface area contributed by atoms with Gasteiger partial charge in [0.25, 0.3) is 0 Å². The number of nitrogens with one attached hydrogen (secondary N) is 2. The first kappa shape index (κ1) is 24.6. The van der Waals surface area contributed by atoms with Crippen molar-refractivity contribution in [3.63, 3.8) is 0 Å². The first-order valence-electron chi connectivity index (χ1n) is 11.9. The predicted octanol–water partition coefficient (Wildman–Crippen LogP) is 7.10. The zero-order valence-corrected chi connectivity index (χ0v) is 19.2. The molecule has 0 aliphatic rings. The third kappa shape index (κ3) is 10.3. The van der Waals surface area contributed by atoms with E-state index >= 15 is 0 Å². The second-order valence-corrected chi connectivity index (χ2v) is 8.29. The highest BCUT2D eigenvalue weighted by Gasteiger charge is 2.05. The molecule has 2 aromatic rings. The Labute approximate surface area is 187 Å². The topological polar surface area (TPSA) is 58.2 Å². The van der Waals surface area contributed by atoms with Gasteiger partial charge in [-0.2, -0.15) is 0 Å². The summed E-state index contributed by atoms with van der Waals surface area (Å²) in [7, 11) is 0. The van der Waals surface area contributed by atoms with Crippen molar-refractivity contribution in [2.45, 2.75) is 84.5 Å². The Bertz CT molecular complexity index is 714. The molecule has 0 aliphatic heterocycles.